The minimum atomic E-state index is -2.67. The summed E-state index contributed by atoms with van der Waals surface area (Å²) in [6.07, 6.45) is 12.2. The van der Waals surface area contributed by atoms with Crippen LogP contribution in [0.3, 0.4) is 0 Å². The van der Waals surface area contributed by atoms with E-state index in [9.17, 15) is 46.8 Å². The van der Waals surface area contributed by atoms with E-state index in [1.165, 1.54) is 18.5 Å². The molecule has 0 saturated carbocycles. The number of alkyl halides is 4. The summed E-state index contributed by atoms with van der Waals surface area (Å²) < 4.78 is 75.5. The lowest BCUT2D eigenvalue weighted by atomic mass is 9.85. The Labute approximate surface area is 504 Å². The molecule has 10 aromatic rings. The Bertz CT molecular complexity index is 4260. The average molecular weight is 1280 g/mol. The van der Waals surface area contributed by atoms with Crippen molar-refractivity contribution in [1.29, 1.82) is 0 Å². The topological polar surface area (TPSA) is 334 Å². The molecule has 0 radical (unpaired) electrons. The lowest BCUT2D eigenvalue weighted by Gasteiger charge is -2.19. The Balaban J connectivity index is 0.000000137. The number of rotatable bonds is 14. The second kappa shape index (κ2) is 26.0. The van der Waals surface area contributed by atoms with E-state index in [-0.39, 0.29) is 64.9 Å². The molecule has 28 nitrogen and oxygen atoms in total. The third kappa shape index (κ3) is 14.2. The SMILES string of the molecule is C[C@@H](Oc1nc(-c2cc3nn(C)cc3c(=O)[nH]2)cc2nn(C)cc12)[C@H]1CNC(=O)C1.C[C@@H](Oc1nc(-c2cn(C(F)F)cn2)cc2nn(C)cc12)[C@H]1CNC(=O)C1.C[C@@H](Oc1nc(B(O)O)cc2nn(C)cc12)[C@H]1CNC(=O)C1.FC(F)n1cnc(Br)c1. The molecule has 462 valence electrons. The van der Waals surface area contributed by atoms with Crippen LogP contribution in [0.5, 0.6) is 17.6 Å². The van der Waals surface area contributed by atoms with Crippen LogP contribution >= 0.6 is 15.9 Å². The first-order valence-electron chi connectivity index (χ1n) is 27.5. The predicted molar refractivity (Wildman–Crippen MR) is 313 cm³/mol. The van der Waals surface area contributed by atoms with Crippen molar-refractivity contribution in [2.45, 2.75) is 71.4 Å². The van der Waals surface area contributed by atoms with Gasteiger partial charge in [0, 0.05) is 122 Å². The molecule has 6 atom stereocenters. The lowest BCUT2D eigenvalue weighted by molar-refractivity contribution is -0.120. The van der Waals surface area contributed by atoms with Crippen LogP contribution in [0.25, 0.3) is 66.4 Å². The molecular formula is C54H59BBrF4N19O9. The molecule has 0 aliphatic carbocycles. The molecular weight excluding hydrogens is 1230 g/mol. The second-order valence-corrected chi connectivity index (χ2v) is 22.2. The average Bonchev–Trinajstić information content (AvgIpc) is 2.94. The minimum Gasteiger partial charge on any atom is -0.474 e. The highest BCUT2D eigenvalue weighted by atomic mass is 79.9. The van der Waals surface area contributed by atoms with Crippen LogP contribution in [0.2, 0.25) is 0 Å². The molecule has 13 heterocycles. The van der Waals surface area contributed by atoms with Crippen molar-refractivity contribution in [3.8, 4) is 40.4 Å². The third-order valence-electron chi connectivity index (χ3n) is 14.7. The van der Waals surface area contributed by atoms with Gasteiger partial charge in [0.15, 0.2) is 0 Å². The van der Waals surface area contributed by atoms with Crippen LogP contribution in [0.15, 0.2) is 83.5 Å². The number of aromatic nitrogens is 16. The summed E-state index contributed by atoms with van der Waals surface area (Å²) in [6.45, 7) is 2.22. The molecule has 88 heavy (non-hydrogen) atoms. The minimum absolute atomic E-state index is 0.00113. The van der Waals surface area contributed by atoms with Gasteiger partial charge in [-0.2, -0.15) is 38.0 Å². The van der Waals surface area contributed by atoms with Crippen LogP contribution < -0.4 is 41.3 Å². The summed E-state index contributed by atoms with van der Waals surface area (Å²) in [5, 5.41) is 47.2. The molecule has 3 fully saturated rings. The van der Waals surface area contributed by atoms with Crippen molar-refractivity contribution in [2.75, 3.05) is 19.6 Å². The highest BCUT2D eigenvalue weighted by Crippen LogP contribution is 2.33. The molecule has 0 bridgehead atoms. The molecule has 3 saturated heterocycles. The predicted octanol–water partition coefficient (Wildman–Crippen LogP) is 3.84. The van der Waals surface area contributed by atoms with E-state index in [1.807, 2.05) is 40.1 Å². The molecule has 34 heteroatoms. The van der Waals surface area contributed by atoms with E-state index in [1.54, 1.807) is 70.6 Å². The number of halogens is 5. The van der Waals surface area contributed by atoms with Crippen LogP contribution in [0.4, 0.5) is 17.6 Å². The van der Waals surface area contributed by atoms with Gasteiger partial charge in [0.1, 0.15) is 34.9 Å². The number of carbonyl (C=O) groups excluding carboxylic acids is 3. The van der Waals surface area contributed by atoms with E-state index in [2.05, 4.69) is 82.2 Å². The lowest BCUT2D eigenvalue weighted by Crippen LogP contribution is -2.34. The van der Waals surface area contributed by atoms with E-state index in [0.29, 0.717) is 131 Å². The number of hydrogen-bond donors (Lipinski definition) is 6. The van der Waals surface area contributed by atoms with Crippen molar-refractivity contribution in [3.05, 3.63) is 89.1 Å². The van der Waals surface area contributed by atoms with Gasteiger partial charge in [0.2, 0.25) is 35.4 Å². The van der Waals surface area contributed by atoms with Crippen LogP contribution in [0, 0.1) is 17.8 Å². The Hall–Kier alpha value is -9.31. The Morgan fingerprint density at radius 3 is 1.33 bits per heavy atom. The van der Waals surface area contributed by atoms with E-state index in [4.69, 9.17) is 14.2 Å². The summed E-state index contributed by atoms with van der Waals surface area (Å²) in [4.78, 5) is 70.6. The monoisotopic (exact) mass is 1280 g/mol. The van der Waals surface area contributed by atoms with Gasteiger partial charge in [-0.15, -0.1) is 0 Å². The molecule has 10 aromatic heterocycles. The van der Waals surface area contributed by atoms with Gasteiger partial charge in [0.25, 0.3) is 5.56 Å². The number of aryl methyl sites for hydroxylation is 4. The number of amides is 3. The molecule has 3 aliphatic heterocycles. The van der Waals surface area contributed by atoms with Crippen molar-refractivity contribution >= 4 is 90.0 Å². The first-order chi connectivity index (χ1) is 41.9. The van der Waals surface area contributed by atoms with Crippen molar-refractivity contribution in [3.63, 3.8) is 0 Å². The summed E-state index contributed by atoms with van der Waals surface area (Å²) in [5.41, 5.74) is 4.10. The number of imidazole rings is 2. The van der Waals surface area contributed by atoms with E-state index in [0.717, 1.165) is 18.0 Å². The number of pyridine rings is 4. The number of aromatic amines is 1. The number of ether oxygens (including phenoxy) is 3. The number of H-pyrrole nitrogens is 1. The normalized spacial score (nSPS) is 17.5. The van der Waals surface area contributed by atoms with Gasteiger partial charge in [0.05, 0.1) is 72.6 Å². The van der Waals surface area contributed by atoms with E-state index >= 15 is 0 Å². The molecule has 0 spiro atoms. The quantitative estimate of drug-likeness (QED) is 0.0665. The fourth-order valence-corrected chi connectivity index (χ4v) is 10.3. The fourth-order valence-electron chi connectivity index (χ4n) is 9.99. The number of hydrogen-bond acceptors (Lipinski definition) is 18. The van der Waals surface area contributed by atoms with Gasteiger partial charge in [-0.05, 0) is 61.0 Å². The van der Waals surface area contributed by atoms with Crippen LogP contribution in [0.1, 0.15) is 53.1 Å². The largest absolute Gasteiger partial charge is 0.508 e. The Kier molecular flexibility index (Phi) is 18.2. The smallest absolute Gasteiger partial charge is 0.474 e. The highest BCUT2D eigenvalue weighted by Gasteiger charge is 2.32. The third-order valence-corrected chi connectivity index (χ3v) is 15.1. The number of nitrogens with zero attached hydrogens (tertiary/aromatic N) is 15. The maximum absolute atomic E-state index is 12.8. The van der Waals surface area contributed by atoms with Gasteiger partial charge >= 0.3 is 20.2 Å². The summed E-state index contributed by atoms with van der Waals surface area (Å²) in [5.74, 6) is 1.26. The van der Waals surface area contributed by atoms with Crippen molar-refractivity contribution in [1.82, 2.24) is 94.1 Å². The van der Waals surface area contributed by atoms with Crippen molar-refractivity contribution < 1.29 is 56.2 Å². The first-order valence-corrected chi connectivity index (χ1v) is 28.3. The Morgan fingerprint density at radius 2 is 0.932 bits per heavy atom. The molecule has 6 N–H and O–H groups in total. The fraction of sp³-hybridized carbons (Fsp3) is 0.389. The zero-order valence-electron chi connectivity index (χ0n) is 48.2. The second-order valence-electron chi connectivity index (χ2n) is 21.4. The standard InChI is InChI=1S/C20H21N7O3.C17H18F2N6O2.C13H17BN4O4.C4H3BrF2N2/c1-10(11-4-18(28)21-7-11)30-20-13-9-27(3)25-15(13)6-17(23-20)16-5-14-12(19(29)22-16)8-26(2)24-14;1-9(10-3-15(26)20-5-10)27-16-11-6-24(2)23-12(11)4-13(22-16)14-7-25(8-21-14)17(18)19;1-7(8-3-12(19)15-5-8)22-13-9-6-18(2)17-10(9)4-11(16-13)14(20)21;5-3-1-9(2-8-3)4(6)7/h5-6,8-11H,4,7H2,1-3H3,(H,21,28)(H,22,29);4,6-10,17H,3,5H2,1-2H3,(H,20,26);4,6-8,20-21H,3,5H2,1-2H3,(H,15,19);1-2,4H/t10-,11-;9-,10-;7-,8-;/m111./s1. The van der Waals surface area contributed by atoms with Crippen molar-refractivity contribution in [2.24, 2.45) is 45.9 Å². The van der Waals surface area contributed by atoms with E-state index < -0.39 is 20.2 Å². The zero-order valence-corrected chi connectivity index (χ0v) is 49.8. The first kappa shape index (κ1) is 61.8. The highest BCUT2D eigenvalue weighted by molar-refractivity contribution is 9.10. The Morgan fingerprint density at radius 1 is 0.534 bits per heavy atom. The van der Waals surface area contributed by atoms with Gasteiger partial charge < -0.3 is 45.2 Å². The van der Waals surface area contributed by atoms with Crippen LogP contribution in [-0.2, 0) is 42.6 Å². The van der Waals surface area contributed by atoms with Gasteiger partial charge in [-0.1, -0.05) is 0 Å². The summed E-state index contributed by atoms with van der Waals surface area (Å²) in [7, 11) is 5.44. The number of fused-ring (bicyclic) bond motifs is 4. The molecule has 0 unspecified atom stereocenters. The number of carbonyl (C=O) groups is 3. The van der Waals surface area contributed by atoms with Gasteiger partial charge in [-0.3, -0.25) is 47.0 Å². The molecule has 3 amide bonds. The molecule has 13 rings (SSSR count). The van der Waals surface area contributed by atoms with Gasteiger partial charge in [-0.25, -0.2) is 24.9 Å². The summed E-state index contributed by atoms with van der Waals surface area (Å²) in [6, 6.07) is 6.80. The van der Waals surface area contributed by atoms with Crippen LogP contribution in [-0.4, -0.2) is 151 Å². The maximum Gasteiger partial charge on any atom is 0.508 e. The molecule has 3 aliphatic rings. The maximum atomic E-state index is 12.8. The number of nitrogens with one attached hydrogen (secondary N) is 4. The zero-order chi connectivity index (χ0) is 62.8. The summed E-state index contributed by atoms with van der Waals surface area (Å²) >= 11 is 2.94. The molecule has 0 aromatic carbocycles.